The average molecular weight is 814 g/mol. The van der Waals surface area contributed by atoms with Crippen LogP contribution in [-0.4, -0.2) is 29.1 Å². The lowest BCUT2D eigenvalue weighted by Gasteiger charge is -2.27. The minimum Gasteiger partial charge on any atom is -0.307 e. The van der Waals surface area contributed by atoms with Crippen molar-refractivity contribution in [3.05, 3.63) is 194 Å². The van der Waals surface area contributed by atoms with E-state index in [9.17, 15) is 5.26 Å². The van der Waals surface area contributed by atoms with Gasteiger partial charge < -0.3 is 9.13 Å². The number of fused-ring (bicyclic) bond motifs is 6. The van der Waals surface area contributed by atoms with Crippen molar-refractivity contribution in [3.63, 3.8) is 0 Å². The molecule has 5 heterocycles. The second-order valence-corrected chi connectivity index (χ2v) is 16.4. The third kappa shape index (κ3) is 4.47. The highest BCUT2D eigenvalue weighted by atomic mass is 15.0. The zero-order valence-electron chi connectivity index (χ0n) is 34.0. The van der Waals surface area contributed by atoms with Gasteiger partial charge in [0, 0.05) is 84.6 Å². The van der Waals surface area contributed by atoms with E-state index in [2.05, 4.69) is 179 Å². The minimum absolute atomic E-state index is 0.535. The van der Waals surface area contributed by atoms with E-state index in [0.29, 0.717) is 5.56 Å². The molecule has 0 N–H and O–H groups in total. The van der Waals surface area contributed by atoms with Crippen LogP contribution in [0.25, 0.3) is 132 Å². The number of benzene rings is 9. The van der Waals surface area contributed by atoms with Crippen molar-refractivity contribution in [1.82, 2.24) is 29.1 Å². The van der Waals surface area contributed by atoms with Gasteiger partial charge in [0.05, 0.1) is 55.5 Å². The molecule has 0 saturated heterocycles. The summed E-state index contributed by atoms with van der Waals surface area (Å²) < 4.78 is 4.67. The van der Waals surface area contributed by atoms with Gasteiger partial charge in [0.15, 0.2) is 0 Å². The summed E-state index contributed by atoms with van der Waals surface area (Å²) in [7, 11) is 0. The first-order valence-corrected chi connectivity index (χ1v) is 21.4. The molecule has 0 radical (unpaired) electrons. The van der Waals surface area contributed by atoms with E-state index in [1.54, 1.807) is 12.4 Å². The molecule has 0 saturated carbocycles. The lowest BCUT2D eigenvalue weighted by Crippen LogP contribution is -2.11. The predicted octanol–water partition coefficient (Wildman–Crippen LogP) is 13.8. The first-order valence-electron chi connectivity index (χ1n) is 21.4. The molecule has 294 valence electrons. The molecule has 0 amide bonds. The fourth-order valence-electron chi connectivity index (χ4n) is 10.9. The topological polar surface area (TPSA) is 85.2 Å². The normalized spacial score (nSPS) is 12.0. The fourth-order valence-corrected chi connectivity index (χ4v) is 10.9. The van der Waals surface area contributed by atoms with Gasteiger partial charge in [-0.2, -0.15) is 5.26 Å². The minimum atomic E-state index is 0.535. The summed E-state index contributed by atoms with van der Waals surface area (Å²) in [6, 6.07) is 60.2. The van der Waals surface area contributed by atoms with Crippen LogP contribution >= 0.6 is 0 Å². The Bertz CT molecular complexity index is 3820. The Balaban J connectivity index is 1.30. The van der Waals surface area contributed by atoms with Gasteiger partial charge in [0.25, 0.3) is 0 Å². The summed E-state index contributed by atoms with van der Waals surface area (Å²) in [6.45, 7) is 0. The van der Waals surface area contributed by atoms with Gasteiger partial charge in [0.1, 0.15) is 11.6 Å². The summed E-state index contributed by atoms with van der Waals surface area (Å²) in [5, 5.41) is 20.6. The molecule has 0 aliphatic rings. The molecule has 7 nitrogen and oxygen atoms in total. The number of pyridine rings is 2. The zero-order valence-corrected chi connectivity index (χ0v) is 34.0. The van der Waals surface area contributed by atoms with Crippen molar-refractivity contribution in [1.29, 1.82) is 5.26 Å². The highest BCUT2D eigenvalue weighted by molar-refractivity contribution is 6.34. The third-order valence-electron chi connectivity index (χ3n) is 13.2. The van der Waals surface area contributed by atoms with Crippen molar-refractivity contribution >= 4 is 87.2 Å². The van der Waals surface area contributed by atoms with Crippen LogP contribution in [0.3, 0.4) is 0 Å². The van der Waals surface area contributed by atoms with Crippen molar-refractivity contribution < 1.29 is 0 Å². The van der Waals surface area contributed by atoms with Gasteiger partial charge in [-0.3, -0.25) is 19.9 Å². The zero-order chi connectivity index (χ0) is 42.0. The molecular weight excluding hydrogens is 783 g/mol. The molecule has 5 aromatic heterocycles. The van der Waals surface area contributed by atoms with Crippen molar-refractivity contribution in [3.8, 4) is 50.8 Å². The van der Waals surface area contributed by atoms with Gasteiger partial charge in [-0.15, -0.1) is 0 Å². The van der Waals surface area contributed by atoms with Gasteiger partial charge in [-0.1, -0.05) is 140 Å². The molecule has 7 heteroatoms. The molecule has 0 aliphatic carbocycles. The summed E-state index contributed by atoms with van der Waals surface area (Å²) in [6.07, 6.45) is 7.34. The largest absolute Gasteiger partial charge is 0.307 e. The highest BCUT2D eigenvalue weighted by Crippen LogP contribution is 2.54. The number of aromatic nitrogens is 6. The number of nitrogens with zero attached hydrogens (tertiary/aromatic N) is 7. The van der Waals surface area contributed by atoms with Crippen molar-refractivity contribution in [2.24, 2.45) is 0 Å². The molecule has 0 fully saturated rings. The van der Waals surface area contributed by atoms with E-state index in [-0.39, 0.29) is 0 Å². The van der Waals surface area contributed by atoms with Gasteiger partial charge in [-0.25, -0.2) is 0 Å². The van der Waals surface area contributed by atoms with Crippen molar-refractivity contribution in [2.45, 2.75) is 0 Å². The van der Waals surface area contributed by atoms with Gasteiger partial charge >= 0.3 is 0 Å². The predicted molar refractivity (Wildman–Crippen MR) is 260 cm³/mol. The van der Waals surface area contributed by atoms with Crippen LogP contribution in [0.4, 0.5) is 0 Å². The Morgan fingerprint density at radius 2 is 0.703 bits per heavy atom. The Hall–Kier alpha value is -8.99. The summed E-state index contributed by atoms with van der Waals surface area (Å²) in [5.74, 6) is 0. The molecular formula is C57H31N7. The fraction of sp³-hybridized carbons (Fsp3) is 0. The molecule has 0 aliphatic heterocycles. The smallest absolute Gasteiger partial charge is 0.104 e. The third-order valence-corrected chi connectivity index (χ3v) is 13.2. The Morgan fingerprint density at radius 3 is 1.14 bits per heavy atom. The summed E-state index contributed by atoms with van der Waals surface area (Å²) >= 11 is 0. The SMILES string of the molecule is N#Cc1c(-n2c3cccc4c5nccnc5c5cccc2c5c43)c(-c2ccccc2)c(-c2ccccc2)c(-c2ccccc2)c1-n1c2ccnc3c4ccccc4c4nccc1c4c32. The van der Waals surface area contributed by atoms with Crippen LogP contribution in [0.1, 0.15) is 5.56 Å². The maximum absolute atomic E-state index is 12.3. The van der Waals surface area contributed by atoms with Crippen LogP contribution in [0.15, 0.2) is 189 Å². The van der Waals surface area contributed by atoms with E-state index in [0.717, 1.165) is 132 Å². The van der Waals surface area contributed by atoms with Gasteiger partial charge in [0.2, 0.25) is 0 Å². The lowest BCUT2D eigenvalue weighted by atomic mass is 9.82. The summed E-state index contributed by atoms with van der Waals surface area (Å²) in [5.41, 5.74) is 15.4. The number of nitriles is 1. The molecule has 14 rings (SSSR count). The quantitative estimate of drug-likeness (QED) is 0.162. The maximum atomic E-state index is 12.3. The second kappa shape index (κ2) is 13.0. The van der Waals surface area contributed by atoms with Crippen LogP contribution in [0, 0.1) is 11.3 Å². The molecule has 14 aromatic rings. The Labute approximate surface area is 365 Å². The van der Waals surface area contributed by atoms with E-state index in [4.69, 9.17) is 19.9 Å². The molecule has 64 heavy (non-hydrogen) atoms. The summed E-state index contributed by atoms with van der Waals surface area (Å²) in [4.78, 5) is 19.9. The molecule has 0 bridgehead atoms. The number of hydrogen-bond acceptors (Lipinski definition) is 5. The first kappa shape index (κ1) is 34.7. The Kier molecular flexibility index (Phi) is 7.05. The molecule has 9 aromatic carbocycles. The van der Waals surface area contributed by atoms with Gasteiger partial charge in [-0.05, 0) is 41.0 Å². The van der Waals surface area contributed by atoms with Crippen LogP contribution in [0.2, 0.25) is 0 Å². The highest BCUT2D eigenvalue weighted by Gasteiger charge is 2.33. The number of hydrogen-bond donors (Lipinski definition) is 0. The standard InChI is InChI=1S/C57H31N7/c58-32-40-56(63-41-24-12-22-38-48(41)49-39(23-13-25-42(49)63)55-54(38)61-30-31-62-55)46(34-16-6-2-7-17-34)45(33-14-4-1-5-15-33)47(35-18-8-3-9-19-35)57(40)64-43-26-28-59-52-36-20-10-11-21-37(36)53-51(50(43)52)44(64)27-29-60-53/h1-31H. The molecule has 0 spiro atoms. The lowest BCUT2D eigenvalue weighted by molar-refractivity contribution is 1.12. The molecule has 0 atom stereocenters. The van der Waals surface area contributed by atoms with E-state index in [1.807, 2.05) is 12.4 Å². The van der Waals surface area contributed by atoms with E-state index >= 15 is 0 Å². The Morgan fingerprint density at radius 1 is 0.328 bits per heavy atom. The van der Waals surface area contributed by atoms with E-state index < -0.39 is 0 Å². The van der Waals surface area contributed by atoms with E-state index in [1.165, 1.54) is 0 Å². The number of rotatable bonds is 5. The maximum Gasteiger partial charge on any atom is 0.104 e. The second-order valence-electron chi connectivity index (χ2n) is 16.4. The van der Waals surface area contributed by atoms with Crippen LogP contribution in [0.5, 0.6) is 0 Å². The monoisotopic (exact) mass is 813 g/mol. The average Bonchev–Trinajstić information content (AvgIpc) is 3.89. The van der Waals surface area contributed by atoms with Crippen LogP contribution in [-0.2, 0) is 0 Å². The first-order chi connectivity index (χ1) is 31.8. The van der Waals surface area contributed by atoms with Crippen molar-refractivity contribution in [2.75, 3.05) is 0 Å². The van der Waals surface area contributed by atoms with Crippen LogP contribution < -0.4 is 0 Å². The molecule has 0 unspecified atom stereocenters.